The van der Waals surface area contributed by atoms with Crippen LogP contribution in [0.2, 0.25) is 0 Å². The zero-order valence-corrected chi connectivity index (χ0v) is 14.1. The third-order valence-electron chi connectivity index (χ3n) is 3.88. The van der Waals surface area contributed by atoms with Crippen LogP contribution < -0.4 is 4.90 Å². The summed E-state index contributed by atoms with van der Waals surface area (Å²) in [6.07, 6.45) is 0. The van der Waals surface area contributed by atoms with Crippen LogP contribution in [0.3, 0.4) is 0 Å². The van der Waals surface area contributed by atoms with Gasteiger partial charge in [-0.15, -0.1) is 0 Å². The molecule has 2 aromatic carbocycles. The van der Waals surface area contributed by atoms with Crippen LogP contribution in [0.25, 0.3) is 0 Å². The van der Waals surface area contributed by atoms with Gasteiger partial charge >= 0.3 is 0 Å². The molecule has 0 amide bonds. The summed E-state index contributed by atoms with van der Waals surface area (Å²) in [5, 5.41) is 0. The number of fused-ring (bicyclic) bond motifs is 2. The lowest BCUT2D eigenvalue weighted by atomic mass is 10.1. The first-order valence-corrected chi connectivity index (χ1v) is 8.75. The summed E-state index contributed by atoms with van der Waals surface area (Å²) in [6.45, 7) is 4.21. The second-order valence-corrected chi connectivity index (χ2v) is 7.60. The highest BCUT2D eigenvalue weighted by atomic mass is 32.2. The first-order valence-electron chi connectivity index (χ1n) is 7.60. The van der Waals surface area contributed by atoms with Gasteiger partial charge in [0.25, 0.3) is 0 Å². The number of hydrogen-bond acceptors (Lipinski definition) is 3. The van der Waals surface area contributed by atoms with Gasteiger partial charge < -0.3 is 9.80 Å². The Morgan fingerprint density at radius 1 is 1.00 bits per heavy atom. The molecule has 22 heavy (non-hydrogen) atoms. The van der Waals surface area contributed by atoms with E-state index in [0.29, 0.717) is 5.92 Å². The van der Waals surface area contributed by atoms with Gasteiger partial charge in [-0.1, -0.05) is 31.2 Å². The van der Waals surface area contributed by atoms with E-state index in [-0.39, 0.29) is 0 Å². The number of benzene rings is 2. The average Bonchev–Trinajstić information content (AvgIpc) is 2.51. The maximum Gasteiger partial charge on any atom is 0.0892 e. The highest BCUT2D eigenvalue weighted by molar-refractivity contribution is 7.85. The summed E-state index contributed by atoms with van der Waals surface area (Å²) in [5.41, 5.74) is 2.15. The average molecular weight is 314 g/mol. The molecule has 4 heteroatoms. The zero-order valence-electron chi connectivity index (χ0n) is 13.3. The minimum atomic E-state index is -1.09. The third kappa shape index (κ3) is 2.81. The smallest absolute Gasteiger partial charge is 0.0892 e. The van der Waals surface area contributed by atoms with Crippen LogP contribution in [0.4, 0.5) is 11.4 Å². The molecule has 0 fully saturated rings. The molecule has 3 rings (SSSR count). The molecule has 116 valence electrons. The normalized spacial score (nSPS) is 15.5. The molecule has 0 N–H and O–H groups in total. The van der Waals surface area contributed by atoms with Gasteiger partial charge in [-0.2, -0.15) is 0 Å². The highest BCUT2D eigenvalue weighted by Crippen LogP contribution is 2.41. The number of rotatable bonds is 4. The standard InChI is InChI=1S/C18H22N2OS/c1-14(12-19(2)3)13-20-15-8-4-6-10-17(15)22(21)18-11-7-5-9-16(18)20/h4-11,14H,12-13H2,1-3H3/t14-/m1/s1. The van der Waals surface area contributed by atoms with Crippen LogP contribution in [-0.2, 0) is 10.8 Å². The van der Waals surface area contributed by atoms with Crippen LogP contribution in [-0.4, -0.2) is 36.3 Å². The van der Waals surface area contributed by atoms with Crippen molar-refractivity contribution in [1.29, 1.82) is 0 Å². The highest BCUT2D eigenvalue weighted by Gasteiger charge is 2.28. The minimum absolute atomic E-state index is 0.516. The van der Waals surface area contributed by atoms with E-state index >= 15 is 0 Å². The van der Waals surface area contributed by atoms with Gasteiger partial charge in [0, 0.05) is 13.1 Å². The third-order valence-corrected chi connectivity index (χ3v) is 5.37. The van der Waals surface area contributed by atoms with Gasteiger partial charge in [0.2, 0.25) is 0 Å². The quantitative estimate of drug-likeness (QED) is 0.863. The molecule has 0 aliphatic carbocycles. The monoisotopic (exact) mass is 314 g/mol. The van der Waals surface area contributed by atoms with Crippen molar-refractivity contribution in [3.8, 4) is 0 Å². The molecule has 1 aliphatic rings. The number of hydrogen-bond donors (Lipinski definition) is 0. The molecule has 0 saturated carbocycles. The van der Waals surface area contributed by atoms with Crippen LogP contribution in [0.5, 0.6) is 0 Å². The zero-order chi connectivity index (χ0) is 15.7. The Bertz CT molecular complexity index is 649. The van der Waals surface area contributed by atoms with Gasteiger partial charge in [-0.25, -0.2) is 4.21 Å². The Labute approximate surface area is 135 Å². The maximum absolute atomic E-state index is 12.8. The first kappa shape index (κ1) is 15.3. The van der Waals surface area contributed by atoms with Gasteiger partial charge in [-0.05, 0) is 44.3 Å². The van der Waals surface area contributed by atoms with Crippen LogP contribution >= 0.6 is 0 Å². The lowest BCUT2D eigenvalue weighted by molar-refractivity contribution is 0.342. The van der Waals surface area contributed by atoms with Crippen LogP contribution in [0, 0.1) is 5.92 Å². The van der Waals surface area contributed by atoms with Crippen molar-refractivity contribution in [3.63, 3.8) is 0 Å². The fraction of sp³-hybridized carbons (Fsp3) is 0.333. The van der Waals surface area contributed by atoms with E-state index in [1.165, 1.54) is 0 Å². The maximum atomic E-state index is 12.8. The summed E-state index contributed by atoms with van der Waals surface area (Å²) >= 11 is 0. The summed E-state index contributed by atoms with van der Waals surface area (Å²) in [4.78, 5) is 6.36. The van der Waals surface area contributed by atoms with Gasteiger partial charge in [0.05, 0.1) is 32.0 Å². The van der Waals surface area contributed by atoms with Gasteiger partial charge in [0.15, 0.2) is 0 Å². The molecule has 1 heterocycles. The minimum Gasteiger partial charge on any atom is -0.339 e. The Morgan fingerprint density at radius 3 is 2.00 bits per heavy atom. The van der Waals surface area contributed by atoms with Crippen molar-refractivity contribution in [1.82, 2.24) is 4.90 Å². The molecule has 1 aliphatic heterocycles. The molecular formula is C18H22N2OS. The molecule has 1 atom stereocenters. The molecular weight excluding hydrogens is 292 g/mol. The summed E-state index contributed by atoms with van der Waals surface area (Å²) in [5.74, 6) is 0.516. The van der Waals surface area contributed by atoms with E-state index < -0.39 is 10.8 Å². The fourth-order valence-corrected chi connectivity index (χ4v) is 4.49. The summed E-state index contributed by atoms with van der Waals surface area (Å²) in [6, 6.07) is 16.1. The summed E-state index contributed by atoms with van der Waals surface area (Å²) in [7, 11) is 3.11. The van der Waals surface area contributed by atoms with Gasteiger partial charge in [0.1, 0.15) is 0 Å². The first-order chi connectivity index (χ1) is 10.6. The second kappa shape index (κ2) is 6.23. The lowest BCUT2D eigenvalue weighted by Crippen LogP contribution is -2.32. The van der Waals surface area contributed by atoms with Crippen molar-refractivity contribution in [3.05, 3.63) is 48.5 Å². The topological polar surface area (TPSA) is 23.6 Å². The van der Waals surface area contributed by atoms with Crippen molar-refractivity contribution in [2.45, 2.75) is 16.7 Å². The van der Waals surface area contributed by atoms with Gasteiger partial charge in [-0.3, -0.25) is 0 Å². The van der Waals surface area contributed by atoms with Crippen molar-refractivity contribution >= 4 is 22.2 Å². The molecule has 2 aromatic rings. The SMILES string of the molecule is C[C@H](CN(C)C)CN1c2ccccc2S(=O)c2ccccc21. The van der Waals surface area contributed by atoms with Crippen LogP contribution in [0.15, 0.2) is 58.3 Å². The molecule has 0 unspecified atom stereocenters. The van der Waals surface area contributed by atoms with E-state index in [1.807, 2.05) is 36.4 Å². The Morgan fingerprint density at radius 2 is 1.50 bits per heavy atom. The largest absolute Gasteiger partial charge is 0.339 e. The van der Waals surface area contributed by atoms with E-state index in [0.717, 1.165) is 34.3 Å². The molecule has 3 nitrogen and oxygen atoms in total. The Balaban J connectivity index is 2.02. The molecule has 0 spiro atoms. The predicted octanol–water partition coefficient (Wildman–Crippen LogP) is 3.50. The van der Waals surface area contributed by atoms with E-state index in [1.54, 1.807) is 0 Å². The van der Waals surface area contributed by atoms with E-state index in [4.69, 9.17) is 0 Å². The molecule has 0 bridgehead atoms. The lowest BCUT2D eigenvalue weighted by Gasteiger charge is -2.35. The number of para-hydroxylation sites is 2. The van der Waals surface area contributed by atoms with Crippen molar-refractivity contribution in [2.24, 2.45) is 5.92 Å². The van der Waals surface area contributed by atoms with Crippen molar-refractivity contribution in [2.75, 3.05) is 32.1 Å². The Kier molecular flexibility index (Phi) is 4.32. The van der Waals surface area contributed by atoms with Crippen molar-refractivity contribution < 1.29 is 4.21 Å². The number of anilines is 2. The van der Waals surface area contributed by atoms with E-state index in [9.17, 15) is 4.21 Å². The summed E-state index contributed by atoms with van der Waals surface area (Å²) < 4.78 is 12.8. The fourth-order valence-electron chi connectivity index (χ4n) is 3.11. The van der Waals surface area contributed by atoms with Crippen LogP contribution in [0.1, 0.15) is 6.92 Å². The van der Waals surface area contributed by atoms with E-state index in [2.05, 4.69) is 43.0 Å². The number of nitrogens with zero attached hydrogens (tertiary/aromatic N) is 2. The molecule has 0 saturated heterocycles. The molecule has 0 aromatic heterocycles. The second-order valence-electron chi connectivity index (χ2n) is 6.18. The molecule has 0 radical (unpaired) electrons. The Hall–Kier alpha value is -1.65. The predicted molar refractivity (Wildman–Crippen MR) is 92.3 cm³/mol.